The molecule has 0 aliphatic heterocycles. The number of rotatable bonds is 7. The lowest BCUT2D eigenvalue weighted by Crippen LogP contribution is -2.40. The smallest absolute Gasteiger partial charge is 0.322 e. The van der Waals surface area contributed by atoms with Crippen molar-refractivity contribution in [3.8, 4) is 5.69 Å². The van der Waals surface area contributed by atoms with E-state index in [1.165, 1.54) is 11.2 Å². The van der Waals surface area contributed by atoms with Crippen molar-refractivity contribution in [1.29, 1.82) is 0 Å². The Hall–Kier alpha value is -3.85. The van der Waals surface area contributed by atoms with Gasteiger partial charge in [0.25, 0.3) is 0 Å². The van der Waals surface area contributed by atoms with Gasteiger partial charge in [-0.1, -0.05) is 54.4 Å². The first kappa shape index (κ1) is 27.2. The fourth-order valence-electron chi connectivity index (χ4n) is 3.94. The molecule has 2 N–H and O–H groups in total. The van der Waals surface area contributed by atoms with Crippen molar-refractivity contribution < 1.29 is 14.0 Å². The molecule has 2 heterocycles. The molecule has 0 unspecified atom stereocenters. The van der Waals surface area contributed by atoms with Gasteiger partial charge in [0.2, 0.25) is 5.91 Å². The molecule has 2 aromatic heterocycles. The molecule has 4 aromatic rings. The van der Waals surface area contributed by atoms with Gasteiger partial charge in [-0.25, -0.2) is 9.48 Å². The summed E-state index contributed by atoms with van der Waals surface area (Å²) in [7, 11) is 0. The van der Waals surface area contributed by atoms with Crippen LogP contribution in [0.5, 0.6) is 0 Å². The number of amides is 3. The lowest BCUT2D eigenvalue weighted by molar-refractivity contribution is -0.116. The van der Waals surface area contributed by atoms with Gasteiger partial charge in [0.15, 0.2) is 0 Å². The summed E-state index contributed by atoms with van der Waals surface area (Å²) in [5.74, 6) is 0.756. The summed E-state index contributed by atoms with van der Waals surface area (Å²) in [5.41, 5.74) is 4.29. The van der Waals surface area contributed by atoms with Gasteiger partial charge in [-0.2, -0.15) is 5.10 Å². The quantitative estimate of drug-likeness (QED) is 0.252. The molecule has 0 atom stereocenters. The predicted molar refractivity (Wildman–Crippen MR) is 153 cm³/mol. The van der Waals surface area contributed by atoms with Gasteiger partial charge in [0.1, 0.15) is 18.1 Å². The third-order valence-electron chi connectivity index (χ3n) is 5.97. The van der Waals surface area contributed by atoms with Crippen LogP contribution in [-0.4, -0.2) is 33.2 Å². The molecular weight excluding hydrogens is 546 g/mol. The second-order valence-electron chi connectivity index (χ2n) is 10.3. The van der Waals surface area contributed by atoms with E-state index in [9.17, 15) is 9.59 Å². The van der Waals surface area contributed by atoms with Gasteiger partial charge in [-0.3, -0.25) is 4.79 Å². The van der Waals surface area contributed by atoms with Crippen molar-refractivity contribution in [3.05, 3.63) is 94.0 Å². The molecule has 2 aromatic carbocycles. The number of aromatic nitrogens is 2. The highest BCUT2D eigenvalue weighted by Gasteiger charge is 2.24. The minimum absolute atomic E-state index is 0.131. The molecule has 0 radical (unpaired) electrons. The first-order chi connectivity index (χ1) is 18.0. The van der Waals surface area contributed by atoms with Crippen LogP contribution in [0.1, 0.15) is 43.4 Å². The van der Waals surface area contributed by atoms with Crippen molar-refractivity contribution in [1.82, 2.24) is 14.7 Å². The van der Waals surface area contributed by atoms with Crippen molar-refractivity contribution in [2.45, 2.75) is 46.6 Å². The Kier molecular flexibility index (Phi) is 8.06. The maximum absolute atomic E-state index is 13.3. The van der Waals surface area contributed by atoms with Gasteiger partial charge in [0, 0.05) is 21.6 Å². The van der Waals surface area contributed by atoms with E-state index >= 15 is 0 Å². The third-order valence-corrected chi connectivity index (χ3v) is 6.50. The Labute approximate surface area is 231 Å². The third kappa shape index (κ3) is 6.72. The SMILES string of the molecule is Cc1ccc(-n2nc(C(C)(C)C)cc2NC(=O)CN(Cc2ccco2)C(=O)Nc2ccc(Br)cc2)c(C)c1. The number of hydrogen-bond donors (Lipinski definition) is 2. The van der Waals surface area contributed by atoms with Crippen LogP contribution in [0.2, 0.25) is 0 Å². The largest absolute Gasteiger partial charge is 0.467 e. The van der Waals surface area contributed by atoms with Crippen LogP contribution in [0.15, 0.2) is 75.8 Å². The van der Waals surface area contributed by atoms with Crippen LogP contribution in [-0.2, 0) is 16.8 Å². The van der Waals surface area contributed by atoms with Crippen molar-refractivity contribution >= 4 is 39.4 Å². The Balaban J connectivity index is 1.58. The summed E-state index contributed by atoms with van der Waals surface area (Å²) in [4.78, 5) is 27.9. The Morgan fingerprint density at radius 3 is 2.39 bits per heavy atom. The number of furan rings is 1. The number of carbonyl (C=O) groups is 2. The first-order valence-electron chi connectivity index (χ1n) is 12.3. The highest BCUT2D eigenvalue weighted by Crippen LogP contribution is 2.28. The number of nitrogens with zero attached hydrogens (tertiary/aromatic N) is 3. The second-order valence-corrected chi connectivity index (χ2v) is 11.2. The van der Waals surface area contributed by atoms with E-state index < -0.39 is 6.03 Å². The second kappa shape index (κ2) is 11.3. The molecule has 4 rings (SSSR count). The molecule has 0 fully saturated rings. The minimum Gasteiger partial charge on any atom is -0.467 e. The number of urea groups is 1. The summed E-state index contributed by atoms with van der Waals surface area (Å²) in [5, 5.41) is 10.7. The Morgan fingerprint density at radius 1 is 1.03 bits per heavy atom. The van der Waals surface area contributed by atoms with E-state index in [2.05, 4.69) is 53.4 Å². The van der Waals surface area contributed by atoms with E-state index in [1.807, 2.05) is 44.2 Å². The van der Waals surface area contributed by atoms with Gasteiger partial charge in [-0.05, 0) is 61.9 Å². The van der Waals surface area contributed by atoms with E-state index in [1.54, 1.807) is 28.9 Å². The average Bonchev–Trinajstić information content (AvgIpc) is 3.50. The number of nitrogens with one attached hydrogen (secondary N) is 2. The van der Waals surface area contributed by atoms with Crippen LogP contribution in [0.4, 0.5) is 16.3 Å². The number of benzene rings is 2. The summed E-state index contributed by atoms with van der Waals surface area (Å²) in [6.45, 7) is 10.2. The zero-order valence-electron chi connectivity index (χ0n) is 22.2. The first-order valence-corrected chi connectivity index (χ1v) is 13.1. The molecule has 0 spiro atoms. The van der Waals surface area contributed by atoms with Gasteiger partial charge >= 0.3 is 6.03 Å². The van der Waals surface area contributed by atoms with E-state index in [0.717, 1.165) is 27.0 Å². The normalized spacial score (nSPS) is 11.3. The van der Waals surface area contributed by atoms with Crippen LogP contribution in [0.3, 0.4) is 0 Å². The topological polar surface area (TPSA) is 92.4 Å². The maximum Gasteiger partial charge on any atom is 0.322 e. The fraction of sp³-hybridized carbons (Fsp3) is 0.276. The molecule has 0 saturated heterocycles. The Morgan fingerprint density at radius 2 is 1.76 bits per heavy atom. The van der Waals surface area contributed by atoms with Crippen LogP contribution >= 0.6 is 15.9 Å². The molecular formula is C29H32BrN5O3. The number of hydrogen-bond acceptors (Lipinski definition) is 4. The lowest BCUT2D eigenvalue weighted by atomic mass is 9.92. The van der Waals surface area contributed by atoms with Crippen LogP contribution in [0, 0.1) is 13.8 Å². The number of halogens is 1. The summed E-state index contributed by atoms with van der Waals surface area (Å²) in [6, 6.07) is 18.3. The highest BCUT2D eigenvalue weighted by atomic mass is 79.9. The Bertz CT molecular complexity index is 1420. The maximum atomic E-state index is 13.3. The van der Waals surface area contributed by atoms with Crippen molar-refractivity contribution in [2.75, 3.05) is 17.2 Å². The van der Waals surface area contributed by atoms with E-state index in [4.69, 9.17) is 9.52 Å². The monoisotopic (exact) mass is 577 g/mol. The highest BCUT2D eigenvalue weighted by molar-refractivity contribution is 9.10. The van der Waals surface area contributed by atoms with Gasteiger partial charge < -0.3 is 20.0 Å². The van der Waals surface area contributed by atoms with E-state index in [0.29, 0.717) is 17.3 Å². The number of carbonyl (C=O) groups excluding carboxylic acids is 2. The molecule has 0 bridgehead atoms. The molecule has 38 heavy (non-hydrogen) atoms. The lowest BCUT2D eigenvalue weighted by Gasteiger charge is -2.22. The number of anilines is 2. The van der Waals surface area contributed by atoms with Crippen molar-refractivity contribution in [2.24, 2.45) is 0 Å². The average molecular weight is 579 g/mol. The van der Waals surface area contributed by atoms with Crippen LogP contribution in [0.25, 0.3) is 5.69 Å². The molecule has 8 nitrogen and oxygen atoms in total. The van der Waals surface area contributed by atoms with Gasteiger partial charge in [0.05, 0.1) is 24.2 Å². The molecule has 9 heteroatoms. The van der Waals surface area contributed by atoms with Crippen LogP contribution < -0.4 is 10.6 Å². The number of aryl methyl sites for hydroxylation is 2. The van der Waals surface area contributed by atoms with Gasteiger partial charge in [-0.15, -0.1) is 0 Å². The molecule has 3 amide bonds. The summed E-state index contributed by atoms with van der Waals surface area (Å²) in [6.07, 6.45) is 1.54. The molecule has 198 valence electrons. The minimum atomic E-state index is -0.419. The fourth-order valence-corrected chi connectivity index (χ4v) is 4.21. The van der Waals surface area contributed by atoms with Crippen molar-refractivity contribution in [3.63, 3.8) is 0 Å². The molecule has 0 saturated carbocycles. The molecule has 0 aliphatic rings. The zero-order valence-corrected chi connectivity index (χ0v) is 23.8. The molecule has 0 aliphatic carbocycles. The summed E-state index contributed by atoms with van der Waals surface area (Å²) < 4.78 is 8.10. The summed E-state index contributed by atoms with van der Waals surface area (Å²) >= 11 is 3.39. The standard InChI is InChI=1S/C29H32BrN5O3/c1-19-8-13-24(20(2)15-19)35-26(16-25(33-35)29(3,4)5)32-27(36)18-34(17-23-7-6-14-38-23)28(37)31-22-11-9-21(30)10-12-22/h6-16H,17-18H2,1-5H3,(H,31,37)(H,32,36). The predicted octanol–water partition coefficient (Wildman–Crippen LogP) is 6.81. The van der Waals surface area contributed by atoms with E-state index in [-0.39, 0.29) is 24.4 Å². The zero-order chi connectivity index (χ0) is 27.4.